The number of amides is 1. The Bertz CT molecular complexity index is 903. The third kappa shape index (κ3) is 9.73. The van der Waals surface area contributed by atoms with E-state index in [2.05, 4.69) is 58.3 Å². The van der Waals surface area contributed by atoms with Gasteiger partial charge in [-0.05, 0) is 42.5 Å². The smallest absolute Gasteiger partial charge is 0.207 e. The average molecular weight is 409 g/mol. The number of aromatic amines is 2. The minimum absolute atomic E-state index is 0.511. The first-order valence-corrected chi connectivity index (χ1v) is 10.4. The van der Waals surface area contributed by atoms with E-state index in [1.807, 2.05) is 71.3 Å². The summed E-state index contributed by atoms with van der Waals surface area (Å²) in [4.78, 5) is 13.2. The fourth-order valence-electron chi connectivity index (χ4n) is 2.39. The molecule has 0 fully saturated rings. The number of fused-ring (bicyclic) bond motifs is 1. The third-order valence-electron chi connectivity index (χ3n) is 3.64. The van der Waals surface area contributed by atoms with Gasteiger partial charge in [-0.25, -0.2) is 0 Å². The Kier molecular flexibility index (Phi) is 14.8. The first-order valence-electron chi connectivity index (χ1n) is 10.4. The van der Waals surface area contributed by atoms with Crippen molar-refractivity contribution in [1.82, 2.24) is 20.5 Å². The number of carbonyl (C=O) groups is 1. The van der Waals surface area contributed by atoms with E-state index in [1.54, 1.807) is 0 Å². The molecule has 0 unspecified atom stereocenters. The molecule has 0 aliphatic rings. The molecule has 0 spiro atoms. The first kappa shape index (κ1) is 26.7. The fourth-order valence-corrected chi connectivity index (χ4v) is 2.39. The van der Waals surface area contributed by atoms with Crippen LogP contribution in [0.25, 0.3) is 22.0 Å². The molecule has 30 heavy (non-hydrogen) atoms. The molecule has 162 valence electrons. The molecule has 2 heterocycles. The summed E-state index contributed by atoms with van der Waals surface area (Å²) in [5, 5.41) is 10.5. The van der Waals surface area contributed by atoms with Gasteiger partial charge in [0.15, 0.2) is 0 Å². The largest absolute Gasteiger partial charge is 0.359 e. The molecule has 3 rings (SSSR count). The number of aryl methyl sites for hydroxylation is 1. The lowest BCUT2D eigenvalue weighted by Gasteiger charge is -1.96. The standard InChI is InChI=1S/C12H11N3.C9H13NO.2C2H6/c1-8-4-10-3-2-9(5-12(10)15-8)11-6-13-14-7-11;1-3-4-5-6-9(2)7-10-8-11;2*1-2/h2-7,15H,1H3,(H,13,14);3-6,8H,2,7H2,1H3,(H,10,11);2*1-2H3/b;4-3-,6-5-;;. The van der Waals surface area contributed by atoms with Crippen LogP contribution in [-0.2, 0) is 4.79 Å². The van der Waals surface area contributed by atoms with E-state index < -0.39 is 0 Å². The molecule has 3 aromatic rings. The second-order valence-electron chi connectivity index (χ2n) is 5.78. The number of H-pyrrole nitrogens is 2. The van der Waals surface area contributed by atoms with Crippen LogP contribution in [0.3, 0.4) is 0 Å². The minimum atomic E-state index is 0.511. The highest BCUT2D eigenvalue weighted by atomic mass is 16.1. The Morgan fingerprint density at radius 1 is 1.13 bits per heavy atom. The Morgan fingerprint density at radius 3 is 2.47 bits per heavy atom. The molecule has 5 nitrogen and oxygen atoms in total. The van der Waals surface area contributed by atoms with Crippen LogP contribution < -0.4 is 5.32 Å². The summed E-state index contributed by atoms with van der Waals surface area (Å²) < 4.78 is 0. The highest BCUT2D eigenvalue weighted by molar-refractivity contribution is 5.85. The van der Waals surface area contributed by atoms with Gasteiger partial charge in [0.25, 0.3) is 0 Å². The molecule has 0 atom stereocenters. The van der Waals surface area contributed by atoms with Crippen molar-refractivity contribution in [2.45, 2.75) is 41.5 Å². The van der Waals surface area contributed by atoms with Crippen molar-refractivity contribution in [2.24, 2.45) is 0 Å². The van der Waals surface area contributed by atoms with Crippen LogP contribution in [0.2, 0.25) is 0 Å². The Hall–Kier alpha value is -3.34. The van der Waals surface area contributed by atoms with Crippen molar-refractivity contribution in [3.8, 4) is 11.1 Å². The summed E-state index contributed by atoms with van der Waals surface area (Å²) in [6.07, 6.45) is 12.0. The summed E-state index contributed by atoms with van der Waals surface area (Å²) in [5.74, 6) is 0. The van der Waals surface area contributed by atoms with Crippen LogP contribution in [0.4, 0.5) is 0 Å². The van der Waals surface area contributed by atoms with Crippen LogP contribution in [0.5, 0.6) is 0 Å². The van der Waals surface area contributed by atoms with E-state index in [1.165, 1.54) is 22.2 Å². The molecule has 0 saturated heterocycles. The third-order valence-corrected chi connectivity index (χ3v) is 3.64. The van der Waals surface area contributed by atoms with Crippen molar-refractivity contribution in [3.05, 3.63) is 78.8 Å². The highest BCUT2D eigenvalue weighted by Crippen LogP contribution is 2.23. The number of rotatable bonds is 6. The zero-order valence-corrected chi connectivity index (χ0v) is 19.1. The molecule has 0 saturated carbocycles. The number of nitrogens with zero attached hydrogens (tertiary/aromatic N) is 1. The summed E-state index contributed by atoms with van der Waals surface area (Å²) in [5.41, 5.74) is 5.54. The number of allylic oxidation sites excluding steroid dienone is 3. The number of hydrogen-bond donors (Lipinski definition) is 3. The van der Waals surface area contributed by atoms with Gasteiger partial charge in [-0.1, -0.05) is 70.7 Å². The molecule has 0 aliphatic carbocycles. The fraction of sp³-hybridized carbons (Fsp3) is 0.280. The van der Waals surface area contributed by atoms with Gasteiger partial charge in [0.1, 0.15) is 0 Å². The van der Waals surface area contributed by atoms with E-state index in [0.717, 1.165) is 11.1 Å². The molecule has 5 heteroatoms. The molecule has 0 radical (unpaired) electrons. The quantitative estimate of drug-likeness (QED) is 0.329. The summed E-state index contributed by atoms with van der Waals surface area (Å²) in [6.45, 7) is 16.2. The van der Waals surface area contributed by atoms with Crippen LogP contribution in [0.1, 0.15) is 40.3 Å². The molecule has 3 N–H and O–H groups in total. The number of benzene rings is 1. The topological polar surface area (TPSA) is 73.6 Å². The monoisotopic (exact) mass is 408 g/mol. The number of aromatic nitrogens is 3. The first-order chi connectivity index (χ1) is 14.6. The molecule has 0 aliphatic heterocycles. The van der Waals surface area contributed by atoms with Gasteiger partial charge < -0.3 is 10.3 Å². The van der Waals surface area contributed by atoms with E-state index >= 15 is 0 Å². The van der Waals surface area contributed by atoms with Crippen molar-refractivity contribution < 1.29 is 4.79 Å². The maximum absolute atomic E-state index is 9.85. The van der Waals surface area contributed by atoms with Crippen LogP contribution in [0.15, 0.2) is 73.1 Å². The minimum Gasteiger partial charge on any atom is -0.359 e. The van der Waals surface area contributed by atoms with Gasteiger partial charge in [0.05, 0.1) is 6.20 Å². The Balaban J connectivity index is 0.000000502. The van der Waals surface area contributed by atoms with Crippen molar-refractivity contribution in [1.29, 1.82) is 0 Å². The van der Waals surface area contributed by atoms with Crippen LogP contribution in [-0.4, -0.2) is 28.1 Å². The van der Waals surface area contributed by atoms with Gasteiger partial charge in [-0.15, -0.1) is 0 Å². The molecule has 2 aromatic heterocycles. The lowest BCUT2D eigenvalue weighted by Crippen LogP contribution is -2.12. The second-order valence-corrected chi connectivity index (χ2v) is 5.78. The molecule has 0 bridgehead atoms. The predicted molar refractivity (Wildman–Crippen MR) is 130 cm³/mol. The lowest BCUT2D eigenvalue weighted by molar-refractivity contribution is -0.109. The molecule has 1 amide bonds. The van der Waals surface area contributed by atoms with Gasteiger partial charge in [0, 0.05) is 29.5 Å². The predicted octanol–water partition coefficient (Wildman–Crippen LogP) is 6.34. The zero-order valence-electron chi connectivity index (χ0n) is 19.1. The number of carbonyl (C=O) groups excluding carboxylic acids is 1. The van der Waals surface area contributed by atoms with E-state index in [0.29, 0.717) is 13.0 Å². The van der Waals surface area contributed by atoms with Gasteiger partial charge in [-0.3, -0.25) is 9.89 Å². The average Bonchev–Trinajstić information content (AvgIpc) is 3.44. The molecular formula is C25H36N4O. The number of nitrogens with one attached hydrogen (secondary N) is 3. The number of hydrogen-bond acceptors (Lipinski definition) is 2. The Morgan fingerprint density at radius 2 is 1.87 bits per heavy atom. The van der Waals surface area contributed by atoms with Crippen molar-refractivity contribution in [2.75, 3.05) is 6.54 Å². The van der Waals surface area contributed by atoms with E-state index in [-0.39, 0.29) is 0 Å². The molecule has 1 aromatic carbocycles. The zero-order chi connectivity index (χ0) is 22.8. The maximum Gasteiger partial charge on any atom is 0.207 e. The second kappa shape index (κ2) is 16.6. The summed E-state index contributed by atoms with van der Waals surface area (Å²) in [7, 11) is 0. The Labute approximate surface area is 181 Å². The lowest BCUT2D eigenvalue weighted by atomic mass is 10.1. The van der Waals surface area contributed by atoms with Gasteiger partial charge >= 0.3 is 0 Å². The maximum atomic E-state index is 9.85. The van der Waals surface area contributed by atoms with Crippen molar-refractivity contribution >= 4 is 17.3 Å². The SMILES string of the molecule is C=C(/C=C\C=C/C)CNC=O.CC.CC.Cc1cc2ccc(-c3cn[nH]c3)cc2[nH]1. The van der Waals surface area contributed by atoms with Crippen LogP contribution >= 0.6 is 0 Å². The molecular weight excluding hydrogens is 372 g/mol. The van der Waals surface area contributed by atoms with Gasteiger partial charge in [0.2, 0.25) is 6.41 Å². The summed E-state index contributed by atoms with van der Waals surface area (Å²) >= 11 is 0. The van der Waals surface area contributed by atoms with E-state index in [4.69, 9.17) is 0 Å². The van der Waals surface area contributed by atoms with Crippen molar-refractivity contribution in [3.63, 3.8) is 0 Å². The normalized spacial score (nSPS) is 9.80. The van der Waals surface area contributed by atoms with E-state index in [9.17, 15) is 4.79 Å². The van der Waals surface area contributed by atoms with Gasteiger partial charge in [-0.2, -0.15) is 5.10 Å². The highest BCUT2D eigenvalue weighted by Gasteiger charge is 2.02. The van der Waals surface area contributed by atoms with Crippen LogP contribution in [0, 0.1) is 6.92 Å². The summed E-state index contributed by atoms with van der Waals surface area (Å²) in [6, 6.07) is 8.53.